The highest BCUT2D eigenvalue weighted by Crippen LogP contribution is 2.31. The predicted octanol–water partition coefficient (Wildman–Crippen LogP) is 2.32. The van der Waals surface area contributed by atoms with Crippen molar-refractivity contribution in [2.75, 3.05) is 11.9 Å². The highest BCUT2D eigenvalue weighted by atomic mass is 16.5. The van der Waals surface area contributed by atoms with Gasteiger partial charge in [0.15, 0.2) is 0 Å². The Labute approximate surface area is 119 Å². The molecule has 1 N–H and O–H groups in total. The van der Waals surface area contributed by atoms with Gasteiger partial charge in [-0.15, -0.1) is 0 Å². The van der Waals surface area contributed by atoms with Gasteiger partial charge in [0, 0.05) is 37.4 Å². The molecule has 0 spiro atoms. The molecule has 0 bridgehead atoms. The molecule has 5 heteroatoms. The van der Waals surface area contributed by atoms with Crippen molar-refractivity contribution < 1.29 is 4.74 Å². The molecule has 0 unspecified atom stereocenters. The van der Waals surface area contributed by atoms with Gasteiger partial charge in [-0.2, -0.15) is 5.10 Å². The van der Waals surface area contributed by atoms with E-state index in [9.17, 15) is 0 Å². The zero-order valence-corrected chi connectivity index (χ0v) is 11.9. The Balaban J connectivity index is 1.77. The maximum absolute atomic E-state index is 5.88. The lowest BCUT2D eigenvalue weighted by Crippen LogP contribution is -2.24. The molecule has 2 atom stereocenters. The molecule has 3 heterocycles. The Morgan fingerprint density at radius 2 is 2.30 bits per heavy atom. The van der Waals surface area contributed by atoms with Crippen LogP contribution < -0.4 is 5.32 Å². The normalized spacial score (nSPS) is 22.1. The summed E-state index contributed by atoms with van der Waals surface area (Å²) in [5.41, 5.74) is 3.33. The number of rotatable bonds is 4. The molecule has 0 saturated carbocycles. The molecular formula is C15H20N4O. The quantitative estimate of drug-likeness (QED) is 0.928. The first kappa shape index (κ1) is 13.1. The fourth-order valence-corrected chi connectivity index (χ4v) is 2.67. The molecule has 0 amide bonds. The lowest BCUT2D eigenvalue weighted by molar-refractivity contribution is 0.101. The first-order valence-electron chi connectivity index (χ1n) is 7.09. The summed E-state index contributed by atoms with van der Waals surface area (Å²) in [7, 11) is 1.95. The van der Waals surface area contributed by atoms with E-state index in [1.54, 1.807) is 0 Å². The molecule has 1 saturated heterocycles. The van der Waals surface area contributed by atoms with E-state index in [-0.39, 0.29) is 12.1 Å². The van der Waals surface area contributed by atoms with Crippen LogP contribution in [0.2, 0.25) is 0 Å². The Hall–Kier alpha value is -1.88. The molecule has 5 nitrogen and oxygen atoms in total. The number of nitrogens with one attached hydrogen (secondary N) is 1. The largest absolute Gasteiger partial charge is 0.379 e. The summed E-state index contributed by atoms with van der Waals surface area (Å²) in [5, 5.41) is 7.80. The average molecular weight is 272 g/mol. The Morgan fingerprint density at radius 3 is 3.05 bits per heavy atom. The van der Waals surface area contributed by atoms with Gasteiger partial charge in [0.25, 0.3) is 0 Å². The van der Waals surface area contributed by atoms with Crippen molar-refractivity contribution >= 4 is 5.69 Å². The Kier molecular flexibility index (Phi) is 3.69. The van der Waals surface area contributed by atoms with E-state index >= 15 is 0 Å². The monoisotopic (exact) mass is 272 g/mol. The standard InChI is InChI=1S/C15H20N4O/c1-3-11-10-12(4-7-16-11)18-13-6-9-20-15(13)14-5-8-17-19(14)2/h4-5,7-8,10,13,15H,3,6,9H2,1-2H3,(H,16,18)/t13-,15-/m0/s1. The molecule has 3 rings (SSSR count). The topological polar surface area (TPSA) is 52.0 Å². The molecule has 0 aliphatic carbocycles. The van der Waals surface area contributed by atoms with Crippen LogP contribution in [0.1, 0.15) is 30.8 Å². The van der Waals surface area contributed by atoms with Crippen LogP contribution in [-0.2, 0) is 18.2 Å². The second kappa shape index (κ2) is 5.63. The van der Waals surface area contributed by atoms with Crippen LogP contribution in [0, 0.1) is 0 Å². The van der Waals surface area contributed by atoms with Gasteiger partial charge in [-0.3, -0.25) is 9.67 Å². The third-order valence-corrected chi connectivity index (χ3v) is 3.77. The summed E-state index contributed by atoms with van der Waals surface area (Å²) in [6.45, 7) is 2.89. The number of ether oxygens (including phenoxy) is 1. The molecule has 1 aliphatic heterocycles. The molecule has 1 aliphatic rings. The number of pyridine rings is 1. The number of nitrogens with zero attached hydrogens (tertiary/aromatic N) is 3. The van der Waals surface area contributed by atoms with Crippen molar-refractivity contribution in [3.05, 3.63) is 42.0 Å². The maximum Gasteiger partial charge on any atom is 0.119 e. The first-order valence-corrected chi connectivity index (χ1v) is 7.09. The third-order valence-electron chi connectivity index (χ3n) is 3.77. The summed E-state index contributed by atoms with van der Waals surface area (Å²) in [4.78, 5) is 4.33. The predicted molar refractivity (Wildman–Crippen MR) is 77.5 cm³/mol. The SMILES string of the molecule is CCc1cc(N[C@H]2CCO[C@@H]2c2ccnn2C)ccn1. The lowest BCUT2D eigenvalue weighted by Gasteiger charge is -2.21. The van der Waals surface area contributed by atoms with Crippen LogP contribution in [0.15, 0.2) is 30.6 Å². The second-order valence-electron chi connectivity index (χ2n) is 5.10. The van der Waals surface area contributed by atoms with Crippen LogP contribution in [0.3, 0.4) is 0 Å². The summed E-state index contributed by atoms with van der Waals surface area (Å²) in [6.07, 6.45) is 5.67. The van der Waals surface area contributed by atoms with E-state index in [0.29, 0.717) is 0 Å². The molecule has 1 fully saturated rings. The van der Waals surface area contributed by atoms with Gasteiger partial charge in [-0.1, -0.05) is 6.92 Å². The van der Waals surface area contributed by atoms with Gasteiger partial charge in [0.05, 0.1) is 11.7 Å². The smallest absolute Gasteiger partial charge is 0.119 e. The lowest BCUT2D eigenvalue weighted by atomic mass is 10.1. The highest BCUT2D eigenvalue weighted by Gasteiger charge is 2.31. The number of aryl methyl sites for hydroxylation is 2. The molecule has 20 heavy (non-hydrogen) atoms. The van der Waals surface area contributed by atoms with Crippen LogP contribution in [-0.4, -0.2) is 27.4 Å². The summed E-state index contributed by atoms with van der Waals surface area (Å²) >= 11 is 0. The van der Waals surface area contributed by atoms with E-state index < -0.39 is 0 Å². The van der Waals surface area contributed by atoms with Crippen molar-refractivity contribution in [3.8, 4) is 0 Å². The van der Waals surface area contributed by atoms with Gasteiger partial charge in [0.2, 0.25) is 0 Å². The van der Waals surface area contributed by atoms with Crippen molar-refractivity contribution in [1.82, 2.24) is 14.8 Å². The minimum absolute atomic E-state index is 0.0562. The Morgan fingerprint density at radius 1 is 1.40 bits per heavy atom. The first-order chi connectivity index (χ1) is 9.78. The zero-order valence-electron chi connectivity index (χ0n) is 11.9. The average Bonchev–Trinajstić information content (AvgIpc) is 3.07. The van der Waals surface area contributed by atoms with Gasteiger partial charge < -0.3 is 10.1 Å². The molecule has 2 aromatic heterocycles. The summed E-state index contributed by atoms with van der Waals surface area (Å²) in [6, 6.07) is 6.42. The molecule has 106 valence electrons. The van der Waals surface area contributed by atoms with Gasteiger partial charge in [0.1, 0.15) is 6.10 Å². The third kappa shape index (κ3) is 2.54. The number of anilines is 1. The summed E-state index contributed by atoms with van der Waals surface area (Å²) in [5.74, 6) is 0. The highest BCUT2D eigenvalue weighted by molar-refractivity contribution is 5.45. The van der Waals surface area contributed by atoms with Gasteiger partial charge in [-0.05, 0) is 31.0 Å². The number of hydrogen-bond donors (Lipinski definition) is 1. The van der Waals surface area contributed by atoms with Crippen molar-refractivity contribution in [2.45, 2.75) is 31.9 Å². The molecular weight excluding hydrogens is 252 g/mol. The van der Waals surface area contributed by atoms with Gasteiger partial charge in [-0.25, -0.2) is 0 Å². The van der Waals surface area contributed by atoms with Crippen molar-refractivity contribution in [2.24, 2.45) is 7.05 Å². The minimum Gasteiger partial charge on any atom is -0.379 e. The zero-order chi connectivity index (χ0) is 13.9. The Bertz CT molecular complexity index is 581. The molecule has 0 aromatic carbocycles. The van der Waals surface area contributed by atoms with Crippen LogP contribution in [0.25, 0.3) is 0 Å². The van der Waals surface area contributed by atoms with E-state index in [1.807, 2.05) is 36.3 Å². The molecule has 0 radical (unpaired) electrons. The van der Waals surface area contributed by atoms with Crippen molar-refractivity contribution in [3.63, 3.8) is 0 Å². The fourth-order valence-electron chi connectivity index (χ4n) is 2.67. The fraction of sp³-hybridized carbons (Fsp3) is 0.467. The van der Waals surface area contributed by atoms with Crippen molar-refractivity contribution in [1.29, 1.82) is 0 Å². The van der Waals surface area contributed by atoms with Crippen LogP contribution >= 0.6 is 0 Å². The number of aromatic nitrogens is 3. The summed E-state index contributed by atoms with van der Waals surface area (Å²) < 4.78 is 7.76. The van der Waals surface area contributed by atoms with E-state index in [4.69, 9.17) is 4.74 Å². The van der Waals surface area contributed by atoms with Crippen LogP contribution in [0.5, 0.6) is 0 Å². The van der Waals surface area contributed by atoms with Gasteiger partial charge >= 0.3 is 0 Å². The van der Waals surface area contributed by atoms with E-state index in [0.717, 1.165) is 36.5 Å². The van der Waals surface area contributed by atoms with E-state index in [2.05, 4.69) is 28.4 Å². The maximum atomic E-state index is 5.88. The second-order valence-corrected chi connectivity index (χ2v) is 5.10. The minimum atomic E-state index is 0.0562. The number of hydrogen-bond acceptors (Lipinski definition) is 4. The molecule has 2 aromatic rings. The van der Waals surface area contributed by atoms with E-state index in [1.165, 1.54) is 0 Å². The van der Waals surface area contributed by atoms with Crippen LogP contribution in [0.4, 0.5) is 5.69 Å².